The van der Waals surface area contributed by atoms with Crippen molar-refractivity contribution in [2.24, 2.45) is 5.73 Å². The second-order valence-electron chi connectivity index (χ2n) is 5.33. The van der Waals surface area contributed by atoms with Gasteiger partial charge in [-0.2, -0.15) is 5.10 Å². The fourth-order valence-electron chi connectivity index (χ4n) is 2.29. The first-order chi connectivity index (χ1) is 10.0. The Morgan fingerprint density at radius 3 is 2.67 bits per heavy atom. The van der Waals surface area contributed by atoms with Gasteiger partial charge in [-0.15, -0.1) is 0 Å². The summed E-state index contributed by atoms with van der Waals surface area (Å²) in [6.07, 6.45) is 4.43. The summed E-state index contributed by atoms with van der Waals surface area (Å²) in [7, 11) is 0. The van der Waals surface area contributed by atoms with Gasteiger partial charge in [-0.05, 0) is 25.5 Å². The zero-order valence-electron chi connectivity index (χ0n) is 12.5. The van der Waals surface area contributed by atoms with E-state index in [0.29, 0.717) is 19.5 Å². The van der Waals surface area contributed by atoms with E-state index >= 15 is 0 Å². The van der Waals surface area contributed by atoms with Gasteiger partial charge in [0.25, 0.3) is 0 Å². The van der Waals surface area contributed by atoms with Crippen LogP contribution in [0.5, 0.6) is 0 Å². The molecule has 2 aromatic rings. The van der Waals surface area contributed by atoms with E-state index in [-0.39, 0.29) is 5.91 Å². The third-order valence-electron chi connectivity index (χ3n) is 3.69. The van der Waals surface area contributed by atoms with Gasteiger partial charge in [0.1, 0.15) is 0 Å². The minimum Gasteiger partial charge on any atom is -0.368 e. The highest BCUT2D eigenvalue weighted by molar-refractivity contribution is 5.84. The first-order valence-electron chi connectivity index (χ1n) is 7.18. The number of nitrogens with zero attached hydrogens (tertiary/aromatic N) is 2. The molecule has 2 rings (SSSR count). The van der Waals surface area contributed by atoms with Gasteiger partial charge in [-0.3, -0.25) is 9.48 Å². The summed E-state index contributed by atoms with van der Waals surface area (Å²) >= 11 is 0. The van der Waals surface area contributed by atoms with Crippen LogP contribution in [0.25, 0.3) is 11.1 Å². The largest absolute Gasteiger partial charge is 0.368 e. The highest BCUT2D eigenvalue weighted by atomic mass is 16.1. The molecule has 0 aliphatic heterocycles. The van der Waals surface area contributed by atoms with Gasteiger partial charge in [-0.1, -0.05) is 37.3 Å². The number of nitrogens with one attached hydrogen (secondary N) is 1. The van der Waals surface area contributed by atoms with Crippen LogP contribution in [-0.4, -0.2) is 27.8 Å². The normalized spacial score (nSPS) is 13.8. The number of hydrogen-bond donors (Lipinski definition) is 2. The lowest BCUT2D eigenvalue weighted by molar-refractivity contribution is -0.124. The highest BCUT2D eigenvalue weighted by Gasteiger charge is 2.29. The average Bonchev–Trinajstić information content (AvgIpc) is 2.95. The van der Waals surface area contributed by atoms with Crippen LogP contribution in [0, 0.1) is 0 Å². The molecular formula is C16H22N4O. The van der Waals surface area contributed by atoms with Gasteiger partial charge in [0.2, 0.25) is 5.91 Å². The maximum absolute atomic E-state index is 11.6. The number of amides is 1. The topological polar surface area (TPSA) is 72.9 Å². The molecule has 1 heterocycles. The van der Waals surface area contributed by atoms with Crippen molar-refractivity contribution in [1.29, 1.82) is 0 Å². The Kier molecular flexibility index (Phi) is 4.75. The SMILES string of the molecule is CCNC(C)(CCn1cc(-c2ccccc2)cn1)C(N)=O. The molecule has 1 aromatic heterocycles. The number of carbonyl (C=O) groups is 1. The van der Waals surface area contributed by atoms with Crippen LogP contribution in [0.2, 0.25) is 0 Å². The van der Waals surface area contributed by atoms with Crippen LogP contribution in [0.4, 0.5) is 0 Å². The minimum atomic E-state index is -0.701. The molecule has 0 saturated carbocycles. The van der Waals surface area contributed by atoms with Crippen molar-refractivity contribution in [3.63, 3.8) is 0 Å². The number of hydrogen-bond acceptors (Lipinski definition) is 3. The fraction of sp³-hybridized carbons (Fsp3) is 0.375. The summed E-state index contributed by atoms with van der Waals surface area (Å²) in [5.74, 6) is -0.334. The van der Waals surface area contributed by atoms with Gasteiger partial charge in [0, 0.05) is 18.3 Å². The molecule has 0 bridgehead atoms. The van der Waals surface area contributed by atoms with Crippen LogP contribution in [-0.2, 0) is 11.3 Å². The zero-order chi connectivity index (χ0) is 15.3. The van der Waals surface area contributed by atoms with Crippen molar-refractivity contribution in [3.8, 4) is 11.1 Å². The van der Waals surface area contributed by atoms with Crippen molar-refractivity contribution in [2.75, 3.05) is 6.54 Å². The number of nitrogens with two attached hydrogens (primary N) is 1. The maximum Gasteiger partial charge on any atom is 0.237 e. The number of likely N-dealkylation sites (N-methyl/N-ethyl adjacent to an activating group) is 1. The minimum absolute atomic E-state index is 0.334. The molecule has 0 fully saturated rings. The number of primary amides is 1. The fourth-order valence-corrected chi connectivity index (χ4v) is 2.29. The zero-order valence-corrected chi connectivity index (χ0v) is 12.5. The van der Waals surface area contributed by atoms with E-state index in [9.17, 15) is 4.79 Å². The van der Waals surface area contributed by atoms with Gasteiger partial charge < -0.3 is 11.1 Å². The first kappa shape index (κ1) is 15.3. The molecule has 1 unspecified atom stereocenters. The summed E-state index contributed by atoms with van der Waals surface area (Å²) in [6, 6.07) is 10.1. The van der Waals surface area contributed by atoms with Gasteiger partial charge in [0.15, 0.2) is 0 Å². The standard InChI is InChI=1S/C16H22N4O/c1-3-18-16(2,15(17)21)9-10-20-12-14(11-19-20)13-7-5-4-6-8-13/h4-8,11-12,18H,3,9-10H2,1-2H3,(H2,17,21). The molecule has 3 N–H and O–H groups in total. The second kappa shape index (κ2) is 6.54. The van der Waals surface area contributed by atoms with Gasteiger partial charge in [0.05, 0.1) is 11.7 Å². The molecule has 0 aliphatic carbocycles. The number of benzene rings is 1. The third-order valence-corrected chi connectivity index (χ3v) is 3.69. The van der Waals surface area contributed by atoms with E-state index < -0.39 is 5.54 Å². The monoisotopic (exact) mass is 286 g/mol. The van der Waals surface area contributed by atoms with Gasteiger partial charge in [-0.25, -0.2) is 0 Å². The molecular weight excluding hydrogens is 264 g/mol. The number of aromatic nitrogens is 2. The molecule has 5 nitrogen and oxygen atoms in total. The lowest BCUT2D eigenvalue weighted by Crippen LogP contribution is -2.53. The smallest absolute Gasteiger partial charge is 0.237 e. The van der Waals surface area contributed by atoms with Crippen LogP contribution in [0.1, 0.15) is 20.3 Å². The number of rotatable bonds is 7. The molecule has 0 saturated heterocycles. The Hall–Kier alpha value is -2.14. The molecule has 0 radical (unpaired) electrons. The highest BCUT2D eigenvalue weighted by Crippen LogP contribution is 2.18. The Labute approximate surface area is 125 Å². The Morgan fingerprint density at radius 2 is 2.05 bits per heavy atom. The van der Waals surface area contributed by atoms with Crippen LogP contribution < -0.4 is 11.1 Å². The van der Waals surface area contributed by atoms with E-state index in [1.807, 2.05) is 61.3 Å². The Bertz CT molecular complexity index is 593. The summed E-state index contributed by atoms with van der Waals surface area (Å²) in [5, 5.41) is 7.50. The van der Waals surface area contributed by atoms with E-state index in [1.54, 1.807) is 0 Å². The summed E-state index contributed by atoms with van der Waals surface area (Å²) in [4.78, 5) is 11.6. The van der Waals surface area contributed by atoms with Crippen molar-refractivity contribution in [1.82, 2.24) is 15.1 Å². The first-order valence-corrected chi connectivity index (χ1v) is 7.18. The third kappa shape index (κ3) is 3.70. The maximum atomic E-state index is 11.6. The van der Waals surface area contributed by atoms with Crippen molar-refractivity contribution < 1.29 is 4.79 Å². The predicted molar refractivity (Wildman–Crippen MR) is 83.6 cm³/mol. The van der Waals surface area contributed by atoms with Crippen molar-refractivity contribution in [2.45, 2.75) is 32.4 Å². The van der Waals surface area contributed by atoms with Crippen LogP contribution >= 0.6 is 0 Å². The number of carbonyl (C=O) groups excluding carboxylic acids is 1. The van der Waals surface area contributed by atoms with E-state index in [4.69, 9.17) is 5.73 Å². The molecule has 21 heavy (non-hydrogen) atoms. The van der Waals surface area contributed by atoms with Crippen molar-refractivity contribution >= 4 is 5.91 Å². The van der Waals surface area contributed by atoms with Crippen LogP contribution in [0.15, 0.2) is 42.7 Å². The van der Waals surface area contributed by atoms with E-state index in [2.05, 4.69) is 10.4 Å². The van der Waals surface area contributed by atoms with E-state index in [0.717, 1.165) is 11.1 Å². The van der Waals surface area contributed by atoms with Crippen molar-refractivity contribution in [3.05, 3.63) is 42.7 Å². The molecule has 1 atom stereocenters. The van der Waals surface area contributed by atoms with Gasteiger partial charge >= 0.3 is 0 Å². The molecule has 5 heteroatoms. The lowest BCUT2D eigenvalue weighted by atomic mass is 9.97. The molecule has 1 aromatic carbocycles. The quantitative estimate of drug-likeness (QED) is 0.815. The molecule has 112 valence electrons. The predicted octanol–water partition coefficient (Wildman–Crippen LogP) is 1.79. The van der Waals surface area contributed by atoms with Crippen LogP contribution in [0.3, 0.4) is 0 Å². The molecule has 0 spiro atoms. The average molecular weight is 286 g/mol. The molecule has 1 amide bonds. The Balaban J connectivity index is 2.04. The Morgan fingerprint density at radius 1 is 1.33 bits per heavy atom. The molecule has 0 aliphatic rings. The number of aryl methyl sites for hydroxylation is 1. The second-order valence-corrected chi connectivity index (χ2v) is 5.33. The summed E-state index contributed by atoms with van der Waals surface area (Å²) < 4.78 is 1.85. The van der Waals surface area contributed by atoms with E-state index in [1.165, 1.54) is 0 Å². The lowest BCUT2D eigenvalue weighted by Gasteiger charge is -2.26. The summed E-state index contributed by atoms with van der Waals surface area (Å²) in [6.45, 7) is 5.14. The summed E-state index contributed by atoms with van der Waals surface area (Å²) in [5.41, 5.74) is 6.99.